The van der Waals surface area contributed by atoms with Crippen LogP contribution in [0.4, 0.5) is 0 Å². The van der Waals surface area contributed by atoms with Crippen LogP contribution in [0.5, 0.6) is 0 Å². The maximum absolute atomic E-state index is 12.1. The minimum absolute atomic E-state index is 0.0708. The van der Waals surface area contributed by atoms with E-state index >= 15 is 0 Å². The molecule has 3 saturated carbocycles. The van der Waals surface area contributed by atoms with E-state index in [-0.39, 0.29) is 29.1 Å². The highest BCUT2D eigenvalue weighted by atomic mass is 16.8. The van der Waals surface area contributed by atoms with Crippen LogP contribution in [0.15, 0.2) is 11.6 Å². The van der Waals surface area contributed by atoms with Gasteiger partial charge in [0.1, 0.15) is 73.8 Å². The topological polar surface area (TPSA) is 271 Å². The lowest BCUT2D eigenvalue weighted by molar-refractivity contribution is -0.389. The van der Waals surface area contributed by atoms with Crippen molar-refractivity contribution in [2.45, 2.75) is 216 Å². The molecular weight excluding hydrogens is 881 g/mol. The lowest BCUT2D eigenvalue weighted by Crippen LogP contribution is -2.67. The molecule has 4 aliphatic carbocycles. The van der Waals surface area contributed by atoms with E-state index in [2.05, 4.69) is 33.8 Å². The van der Waals surface area contributed by atoms with Gasteiger partial charge in [0.2, 0.25) is 0 Å². The third kappa shape index (κ3) is 8.68. The Balaban J connectivity index is 0.913. The smallest absolute Gasteiger partial charge is 0.302 e. The summed E-state index contributed by atoms with van der Waals surface area (Å²) in [5.41, 5.74) is 1.36. The Morgan fingerprint density at radius 2 is 1.42 bits per heavy atom. The van der Waals surface area contributed by atoms with E-state index in [1.165, 1.54) is 12.5 Å². The van der Waals surface area contributed by atoms with E-state index in [0.29, 0.717) is 42.4 Å². The molecule has 1 spiro atoms. The maximum atomic E-state index is 12.1. The molecule has 0 aromatic carbocycles. The Morgan fingerprint density at radius 1 is 0.731 bits per heavy atom. The highest BCUT2D eigenvalue weighted by Gasteiger charge is 2.69. The van der Waals surface area contributed by atoms with Gasteiger partial charge in [0.25, 0.3) is 0 Å². The standard InChI is InChI=1S/C48H76O19/c1-20-10-15-48(67-42(20)58-7)21(2)32-29(66-48)17-28-26-9-8-24-16-25(11-13-46(24,5)27(26)12-14-47(28,32)6)61-45-41(65-43-37(55)35(53)33(51)22(3)60-43)39(57)40(30(18-49)62-45)64-44-38(56)36(54)34(52)31(63-44)19-59-23(4)50/h8,20-22,25-45,49,51-57H,9-19H2,1-7H3/t20-,21+,22+,25+,26-,27+,28+,29?,30-,31-,32?,33+,34-,35-,36+,37-,38-,39+,40-,41-,42-,43+,44+,45-,46+,47+,48+/m1/s1. The number of hydrogen-bond acceptors (Lipinski definition) is 19. The number of fused-ring (bicyclic) bond motifs is 7. The van der Waals surface area contributed by atoms with Crippen molar-refractivity contribution < 1.29 is 93.0 Å². The number of aliphatic hydroxyl groups is 8. The molecule has 0 radical (unpaired) electrons. The second-order valence-corrected chi connectivity index (χ2v) is 22.0. The van der Waals surface area contributed by atoms with Crippen LogP contribution in [-0.4, -0.2) is 184 Å². The van der Waals surface area contributed by atoms with Crippen LogP contribution in [0.2, 0.25) is 0 Å². The van der Waals surface area contributed by atoms with E-state index in [1.807, 2.05) is 0 Å². The zero-order chi connectivity index (χ0) is 48.1. The Kier molecular flexibility index (Phi) is 14.4. The number of carbonyl (C=O) groups is 1. The summed E-state index contributed by atoms with van der Waals surface area (Å²) in [7, 11) is 1.72. The zero-order valence-electron chi connectivity index (χ0n) is 39.8. The van der Waals surface area contributed by atoms with E-state index in [0.717, 1.165) is 51.9 Å². The molecule has 2 unspecified atom stereocenters. The maximum Gasteiger partial charge on any atom is 0.302 e. The van der Waals surface area contributed by atoms with Crippen molar-refractivity contribution in [3.63, 3.8) is 0 Å². The van der Waals surface area contributed by atoms with Gasteiger partial charge in [-0.25, -0.2) is 0 Å². The minimum Gasteiger partial charge on any atom is -0.463 e. The van der Waals surface area contributed by atoms with Crippen molar-refractivity contribution in [2.75, 3.05) is 20.3 Å². The lowest BCUT2D eigenvalue weighted by atomic mass is 9.47. The fourth-order valence-electron chi connectivity index (χ4n) is 14.5. The van der Waals surface area contributed by atoms with Gasteiger partial charge in [-0.1, -0.05) is 39.3 Å². The van der Waals surface area contributed by atoms with Gasteiger partial charge in [0.15, 0.2) is 30.9 Å². The third-order valence-corrected chi connectivity index (χ3v) is 18.3. The van der Waals surface area contributed by atoms with Gasteiger partial charge in [0, 0.05) is 32.3 Å². The molecule has 5 heterocycles. The molecule has 67 heavy (non-hydrogen) atoms. The predicted octanol–water partition coefficient (Wildman–Crippen LogP) is 0.757. The molecule has 5 aliphatic heterocycles. The SMILES string of the molecule is CO[C@@H]1O[C@]2(CC[C@H]1C)OC1C[C@H]3[C@@H]4CC=C5C[C@@H](O[C@@H]6O[C@H](CO)[C@@H](O[C@@H]7O[C@H](COC(C)=O)[C@@H](O)[C@H](O)[C@H]7O)[C@H](O)[C@H]6O[C@@H]6O[C@@H](C)[C@H](O)[C@@H](O)[C@H]6O)CC[C@]5(C)[C@H]4CC[C@]3(C)C1[C@@H]2C. The summed E-state index contributed by atoms with van der Waals surface area (Å²) in [5, 5.41) is 87.0. The summed E-state index contributed by atoms with van der Waals surface area (Å²) in [6.45, 7) is 10.9. The van der Waals surface area contributed by atoms with Gasteiger partial charge in [-0.05, 0) is 92.8 Å². The predicted molar refractivity (Wildman–Crippen MR) is 230 cm³/mol. The van der Waals surface area contributed by atoms with Crippen molar-refractivity contribution in [3.8, 4) is 0 Å². The van der Waals surface area contributed by atoms with Gasteiger partial charge >= 0.3 is 5.97 Å². The summed E-state index contributed by atoms with van der Waals surface area (Å²) >= 11 is 0. The van der Waals surface area contributed by atoms with Gasteiger partial charge in [-0.3, -0.25) is 4.79 Å². The normalized spacial score (nSPS) is 55.2. The first-order chi connectivity index (χ1) is 31.7. The molecule has 8 N–H and O–H groups in total. The van der Waals surface area contributed by atoms with Gasteiger partial charge in [-0.15, -0.1) is 0 Å². The monoisotopic (exact) mass is 956 g/mol. The molecule has 19 nitrogen and oxygen atoms in total. The average Bonchev–Trinajstić information content (AvgIpc) is 3.75. The number of hydrogen-bond donors (Lipinski definition) is 8. The van der Waals surface area contributed by atoms with Crippen LogP contribution < -0.4 is 0 Å². The lowest BCUT2D eigenvalue weighted by Gasteiger charge is -2.59. The first-order valence-electron chi connectivity index (χ1n) is 24.8. The number of ether oxygens (including phenoxy) is 10. The third-order valence-electron chi connectivity index (χ3n) is 18.3. The van der Waals surface area contributed by atoms with Crippen LogP contribution in [0.3, 0.4) is 0 Å². The van der Waals surface area contributed by atoms with Crippen molar-refractivity contribution in [2.24, 2.45) is 46.3 Å². The Morgan fingerprint density at radius 3 is 2.12 bits per heavy atom. The van der Waals surface area contributed by atoms with Gasteiger partial charge < -0.3 is 88.2 Å². The second-order valence-electron chi connectivity index (χ2n) is 22.0. The van der Waals surface area contributed by atoms with E-state index in [4.69, 9.17) is 47.4 Å². The average molecular weight is 957 g/mol. The Labute approximate surface area is 392 Å². The Bertz CT molecular complexity index is 1790. The Hall–Kier alpha value is -1.47. The number of rotatable bonds is 10. The fourth-order valence-corrected chi connectivity index (χ4v) is 14.5. The first-order valence-corrected chi connectivity index (χ1v) is 24.8. The molecule has 27 atom stereocenters. The van der Waals surface area contributed by atoms with Gasteiger partial charge in [-0.2, -0.15) is 0 Å². The van der Waals surface area contributed by atoms with E-state index in [1.54, 1.807) is 7.11 Å². The molecule has 19 heteroatoms. The molecule has 382 valence electrons. The van der Waals surface area contributed by atoms with E-state index < -0.39 is 123 Å². The summed E-state index contributed by atoms with van der Waals surface area (Å²) in [5.74, 6) is 1.18. The highest BCUT2D eigenvalue weighted by molar-refractivity contribution is 5.65. The number of carbonyl (C=O) groups excluding carboxylic acids is 1. The van der Waals surface area contributed by atoms with Crippen LogP contribution in [0, 0.1) is 46.3 Å². The molecule has 0 bridgehead atoms. The van der Waals surface area contributed by atoms with Crippen molar-refractivity contribution in [3.05, 3.63) is 11.6 Å². The number of methoxy groups -OCH3 is 1. The highest BCUT2D eigenvalue weighted by Crippen LogP contribution is 2.71. The number of esters is 1. The van der Waals surface area contributed by atoms with Crippen LogP contribution in [-0.2, 0) is 52.2 Å². The first kappa shape index (κ1) is 50.5. The van der Waals surface area contributed by atoms with Crippen molar-refractivity contribution in [1.29, 1.82) is 0 Å². The fraction of sp³-hybridized carbons (Fsp3) is 0.938. The molecule has 0 aromatic rings. The second kappa shape index (κ2) is 19.2. The number of aliphatic hydroxyl groups excluding tert-OH is 8. The summed E-state index contributed by atoms with van der Waals surface area (Å²) in [4.78, 5) is 11.5. The molecule has 8 fully saturated rings. The van der Waals surface area contributed by atoms with Gasteiger partial charge in [0.05, 0.1) is 24.9 Å². The van der Waals surface area contributed by atoms with Crippen LogP contribution in [0.1, 0.15) is 99.3 Å². The summed E-state index contributed by atoms with van der Waals surface area (Å²) in [6.07, 6.45) is -13.3. The summed E-state index contributed by atoms with van der Waals surface area (Å²) in [6, 6.07) is 0. The van der Waals surface area contributed by atoms with E-state index in [9.17, 15) is 45.6 Å². The summed E-state index contributed by atoms with van der Waals surface area (Å²) < 4.78 is 61.2. The molecule has 0 aromatic heterocycles. The zero-order valence-corrected chi connectivity index (χ0v) is 39.8. The quantitative estimate of drug-likeness (QED) is 0.111. The minimum atomic E-state index is -1.86. The molecule has 9 rings (SSSR count). The number of allylic oxidation sites excluding steroid dienone is 1. The van der Waals surface area contributed by atoms with Crippen LogP contribution in [0.25, 0.3) is 0 Å². The molecule has 0 amide bonds. The molecule has 5 saturated heterocycles. The molecule has 9 aliphatic rings. The van der Waals surface area contributed by atoms with Crippen molar-refractivity contribution in [1.82, 2.24) is 0 Å². The van der Waals surface area contributed by atoms with Crippen LogP contribution >= 0.6 is 0 Å². The van der Waals surface area contributed by atoms with Crippen molar-refractivity contribution >= 4 is 5.97 Å². The largest absolute Gasteiger partial charge is 0.463 e. The molecular formula is C48H76O19.